The van der Waals surface area contributed by atoms with Crippen molar-refractivity contribution < 1.29 is 14.6 Å². The van der Waals surface area contributed by atoms with Gasteiger partial charge >= 0.3 is 5.97 Å². The van der Waals surface area contributed by atoms with Crippen LogP contribution in [-0.4, -0.2) is 23.3 Å². The summed E-state index contributed by atoms with van der Waals surface area (Å²) in [5.41, 5.74) is 0.442. The van der Waals surface area contributed by atoms with Crippen LogP contribution in [0.2, 0.25) is 0 Å². The molecule has 3 nitrogen and oxygen atoms in total. The molecule has 0 radical (unpaired) electrons. The Kier molecular flexibility index (Phi) is 11.8. The Labute approximate surface area is 142 Å². The Hall–Kier alpha value is -1.09. The van der Waals surface area contributed by atoms with E-state index in [0.29, 0.717) is 12.5 Å². The Morgan fingerprint density at radius 2 is 1.87 bits per heavy atom. The molecule has 0 saturated heterocycles. The Balaban J connectivity index is 4.24. The van der Waals surface area contributed by atoms with Gasteiger partial charge < -0.3 is 9.84 Å². The molecule has 0 bridgehead atoms. The molecule has 0 aliphatic carbocycles. The maximum absolute atomic E-state index is 11.3. The van der Waals surface area contributed by atoms with Gasteiger partial charge in [0.1, 0.15) is 0 Å². The molecule has 0 aromatic carbocycles. The minimum atomic E-state index is -0.479. The van der Waals surface area contributed by atoms with Crippen LogP contribution in [0.15, 0.2) is 23.8 Å². The van der Waals surface area contributed by atoms with Crippen LogP contribution in [0, 0.1) is 5.92 Å². The van der Waals surface area contributed by atoms with E-state index in [1.165, 1.54) is 6.08 Å². The predicted octanol–water partition coefficient (Wildman–Crippen LogP) is 5.19. The molecule has 0 saturated carbocycles. The molecule has 0 aromatic rings. The van der Waals surface area contributed by atoms with Gasteiger partial charge in [-0.2, -0.15) is 0 Å². The third-order valence-corrected chi connectivity index (χ3v) is 4.63. The summed E-state index contributed by atoms with van der Waals surface area (Å²) in [7, 11) is 0. The molecule has 0 heterocycles. The zero-order valence-corrected chi connectivity index (χ0v) is 15.7. The standard InChI is InChI=1S/C20H36O3/c1-6-18(14-11-15-20(22,7-2)8-3)13-10-12-17(5)16-19(21)23-9-4/h10,12,16,18,22H,6-9,11,13-15H2,1-5H3. The van der Waals surface area contributed by atoms with Crippen LogP contribution in [0.3, 0.4) is 0 Å². The number of ether oxygens (including phenoxy) is 1. The fourth-order valence-corrected chi connectivity index (χ4v) is 2.68. The monoisotopic (exact) mass is 324 g/mol. The van der Waals surface area contributed by atoms with E-state index in [1.807, 2.05) is 13.0 Å². The van der Waals surface area contributed by atoms with Crippen molar-refractivity contribution in [2.75, 3.05) is 6.61 Å². The first kappa shape index (κ1) is 21.9. The van der Waals surface area contributed by atoms with E-state index >= 15 is 0 Å². The number of aliphatic hydroxyl groups is 1. The molecular formula is C20H36O3. The third kappa shape index (κ3) is 10.3. The number of hydrogen-bond acceptors (Lipinski definition) is 3. The van der Waals surface area contributed by atoms with E-state index in [-0.39, 0.29) is 5.97 Å². The van der Waals surface area contributed by atoms with Crippen LogP contribution in [0.25, 0.3) is 0 Å². The van der Waals surface area contributed by atoms with Crippen LogP contribution in [0.1, 0.15) is 79.6 Å². The molecule has 0 aromatic heterocycles. The molecular weight excluding hydrogens is 288 g/mol. The molecule has 0 spiro atoms. The van der Waals surface area contributed by atoms with Crippen LogP contribution in [0.4, 0.5) is 0 Å². The van der Waals surface area contributed by atoms with Crippen LogP contribution in [0.5, 0.6) is 0 Å². The van der Waals surface area contributed by atoms with E-state index in [4.69, 9.17) is 4.74 Å². The molecule has 0 aliphatic heterocycles. The SMILES string of the molecule is CCOC(=O)C=C(C)C=CCC(CC)CCCC(O)(CC)CC. The highest BCUT2D eigenvalue weighted by molar-refractivity contribution is 5.83. The Morgan fingerprint density at radius 3 is 2.39 bits per heavy atom. The Morgan fingerprint density at radius 1 is 1.22 bits per heavy atom. The van der Waals surface area contributed by atoms with Gasteiger partial charge in [-0.1, -0.05) is 52.2 Å². The van der Waals surface area contributed by atoms with Gasteiger partial charge in [0.2, 0.25) is 0 Å². The molecule has 0 rings (SSSR count). The maximum Gasteiger partial charge on any atom is 0.330 e. The van der Waals surface area contributed by atoms with Crippen molar-refractivity contribution >= 4 is 5.97 Å². The summed E-state index contributed by atoms with van der Waals surface area (Å²) in [5, 5.41) is 10.3. The van der Waals surface area contributed by atoms with Crippen molar-refractivity contribution in [2.45, 2.75) is 85.2 Å². The number of allylic oxidation sites excluding steroid dienone is 3. The molecule has 0 fully saturated rings. The Bertz CT molecular complexity index is 378. The summed E-state index contributed by atoms with van der Waals surface area (Å²) in [6, 6.07) is 0. The first-order valence-electron chi connectivity index (χ1n) is 9.14. The number of rotatable bonds is 12. The van der Waals surface area contributed by atoms with E-state index in [1.54, 1.807) is 6.92 Å². The molecule has 0 aliphatic rings. The highest BCUT2D eigenvalue weighted by Crippen LogP contribution is 2.25. The van der Waals surface area contributed by atoms with Crippen molar-refractivity contribution in [3.63, 3.8) is 0 Å². The number of carbonyl (C=O) groups excluding carboxylic acids is 1. The average molecular weight is 325 g/mol. The number of carbonyl (C=O) groups is 1. The lowest BCUT2D eigenvalue weighted by atomic mass is 9.87. The molecule has 134 valence electrons. The van der Waals surface area contributed by atoms with Gasteiger partial charge in [0.05, 0.1) is 12.2 Å². The topological polar surface area (TPSA) is 46.5 Å². The van der Waals surface area contributed by atoms with Crippen molar-refractivity contribution in [1.29, 1.82) is 0 Å². The van der Waals surface area contributed by atoms with Gasteiger partial charge in [-0.15, -0.1) is 0 Å². The second-order valence-electron chi connectivity index (χ2n) is 6.38. The summed E-state index contributed by atoms with van der Waals surface area (Å²) in [4.78, 5) is 11.3. The van der Waals surface area contributed by atoms with Gasteiger partial charge in [-0.05, 0) is 51.0 Å². The van der Waals surface area contributed by atoms with Crippen LogP contribution in [-0.2, 0) is 9.53 Å². The normalized spacial score (nSPS) is 14.3. The number of hydrogen-bond donors (Lipinski definition) is 1. The fraction of sp³-hybridized carbons (Fsp3) is 0.750. The van der Waals surface area contributed by atoms with E-state index < -0.39 is 5.60 Å². The highest BCUT2D eigenvalue weighted by Gasteiger charge is 2.21. The number of esters is 1. The minimum Gasteiger partial charge on any atom is -0.463 e. The highest BCUT2D eigenvalue weighted by atomic mass is 16.5. The molecule has 1 unspecified atom stereocenters. The minimum absolute atomic E-state index is 0.278. The zero-order chi connectivity index (χ0) is 17.7. The van der Waals surface area contributed by atoms with Gasteiger partial charge in [0.15, 0.2) is 0 Å². The van der Waals surface area contributed by atoms with Crippen molar-refractivity contribution in [2.24, 2.45) is 5.92 Å². The summed E-state index contributed by atoms with van der Waals surface area (Å²) in [6.45, 7) is 10.5. The van der Waals surface area contributed by atoms with Crippen molar-refractivity contribution in [3.05, 3.63) is 23.8 Å². The first-order chi connectivity index (χ1) is 10.9. The van der Waals surface area contributed by atoms with Crippen molar-refractivity contribution in [1.82, 2.24) is 0 Å². The smallest absolute Gasteiger partial charge is 0.330 e. The average Bonchev–Trinajstić information content (AvgIpc) is 2.53. The molecule has 23 heavy (non-hydrogen) atoms. The quantitative estimate of drug-likeness (QED) is 0.305. The fourth-order valence-electron chi connectivity index (χ4n) is 2.68. The summed E-state index contributed by atoms with van der Waals surface area (Å²) < 4.78 is 4.89. The van der Waals surface area contributed by atoms with Crippen molar-refractivity contribution in [3.8, 4) is 0 Å². The molecule has 3 heteroatoms. The zero-order valence-electron chi connectivity index (χ0n) is 15.7. The molecule has 0 amide bonds. The summed E-state index contributed by atoms with van der Waals surface area (Å²) >= 11 is 0. The lowest BCUT2D eigenvalue weighted by molar-refractivity contribution is -0.137. The predicted molar refractivity (Wildman–Crippen MR) is 97.3 cm³/mol. The first-order valence-corrected chi connectivity index (χ1v) is 9.14. The van der Waals surface area contributed by atoms with Crippen LogP contribution < -0.4 is 0 Å². The molecule has 1 N–H and O–H groups in total. The van der Waals surface area contributed by atoms with Crippen LogP contribution >= 0.6 is 0 Å². The van der Waals surface area contributed by atoms with E-state index in [0.717, 1.165) is 50.5 Å². The summed E-state index contributed by atoms with van der Waals surface area (Å²) in [6.07, 6.45) is 12.6. The maximum atomic E-state index is 11.3. The lowest BCUT2D eigenvalue weighted by Gasteiger charge is -2.25. The molecule has 1 atom stereocenters. The summed E-state index contributed by atoms with van der Waals surface area (Å²) in [5.74, 6) is 0.361. The van der Waals surface area contributed by atoms with Gasteiger partial charge in [-0.25, -0.2) is 4.79 Å². The lowest BCUT2D eigenvalue weighted by Crippen LogP contribution is -2.26. The second-order valence-corrected chi connectivity index (χ2v) is 6.38. The largest absolute Gasteiger partial charge is 0.463 e. The van der Waals surface area contributed by atoms with Gasteiger partial charge in [0.25, 0.3) is 0 Å². The third-order valence-electron chi connectivity index (χ3n) is 4.63. The van der Waals surface area contributed by atoms with E-state index in [9.17, 15) is 9.90 Å². The van der Waals surface area contributed by atoms with E-state index in [2.05, 4.69) is 26.8 Å². The van der Waals surface area contributed by atoms with Gasteiger partial charge in [-0.3, -0.25) is 0 Å². The second kappa shape index (κ2) is 12.3. The van der Waals surface area contributed by atoms with Gasteiger partial charge in [0, 0.05) is 6.08 Å².